The van der Waals surface area contributed by atoms with Crippen LogP contribution in [-0.4, -0.2) is 51.2 Å². The molecule has 0 aromatic heterocycles. The van der Waals surface area contributed by atoms with Crippen molar-refractivity contribution in [2.24, 2.45) is 0 Å². The van der Waals surface area contributed by atoms with Crippen LogP contribution in [-0.2, 0) is 14.8 Å². The summed E-state index contributed by atoms with van der Waals surface area (Å²) in [6.07, 6.45) is 0.156. The Hall–Kier alpha value is -3.69. The molecule has 3 aromatic carbocycles. The number of carbonyl (C=O) groups excluding carboxylic acids is 2. The number of nitrogens with zero attached hydrogens (tertiary/aromatic N) is 2. The van der Waals surface area contributed by atoms with Gasteiger partial charge in [-0.05, 0) is 54.6 Å². The fourth-order valence-corrected chi connectivity index (χ4v) is 4.60. The molecule has 0 saturated carbocycles. The van der Waals surface area contributed by atoms with E-state index in [4.69, 9.17) is 4.74 Å². The molecule has 1 fully saturated rings. The first-order valence-corrected chi connectivity index (χ1v) is 12.1. The lowest BCUT2D eigenvalue weighted by Gasteiger charge is -2.18. The van der Waals surface area contributed by atoms with Crippen LogP contribution in [0.15, 0.2) is 83.8 Å². The van der Waals surface area contributed by atoms with Crippen molar-refractivity contribution in [3.05, 3.63) is 84.4 Å². The molecule has 1 N–H and O–H groups in total. The van der Waals surface area contributed by atoms with Crippen LogP contribution in [0.25, 0.3) is 0 Å². The SMILES string of the molecule is CN(C)S(=O)(=O)c1cccc(C(=O)NC2CC(=O)N(c3ccc(Oc4ccccc4)cc3)C2)c1. The Kier molecular flexibility index (Phi) is 6.67. The van der Waals surface area contributed by atoms with E-state index in [0.29, 0.717) is 18.0 Å². The second-order valence-electron chi connectivity index (χ2n) is 8.10. The van der Waals surface area contributed by atoms with Crippen molar-refractivity contribution in [2.75, 3.05) is 25.5 Å². The third-order valence-corrected chi connectivity index (χ3v) is 7.27. The number of benzene rings is 3. The topological polar surface area (TPSA) is 96.0 Å². The van der Waals surface area contributed by atoms with E-state index in [1.54, 1.807) is 35.2 Å². The highest BCUT2D eigenvalue weighted by molar-refractivity contribution is 7.89. The zero-order valence-corrected chi connectivity index (χ0v) is 19.7. The lowest BCUT2D eigenvalue weighted by molar-refractivity contribution is -0.117. The normalized spacial score (nSPS) is 16.0. The Morgan fingerprint density at radius 2 is 1.65 bits per heavy atom. The molecule has 176 valence electrons. The monoisotopic (exact) mass is 479 g/mol. The van der Waals surface area contributed by atoms with Crippen molar-refractivity contribution < 1.29 is 22.7 Å². The standard InChI is InChI=1S/C25H25N3O5S/c1-27(2)34(31,32)23-10-6-7-18(15-23)25(30)26-19-16-24(29)28(17-19)20-11-13-22(14-12-20)33-21-8-4-3-5-9-21/h3-15,19H,16-17H2,1-2H3,(H,26,30). The molecule has 34 heavy (non-hydrogen) atoms. The summed E-state index contributed by atoms with van der Waals surface area (Å²) in [7, 11) is -0.793. The summed E-state index contributed by atoms with van der Waals surface area (Å²) in [5.74, 6) is 0.838. The first kappa shape index (κ1) is 23.5. The van der Waals surface area contributed by atoms with Gasteiger partial charge in [-0.2, -0.15) is 0 Å². The molecule has 1 unspecified atom stereocenters. The molecule has 1 saturated heterocycles. The maximum absolute atomic E-state index is 12.8. The van der Waals surface area contributed by atoms with Gasteiger partial charge < -0.3 is 15.0 Å². The number of para-hydroxylation sites is 1. The van der Waals surface area contributed by atoms with Gasteiger partial charge in [-0.1, -0.05) is 24.3 Å². The maximum Gasteiger partial charge on any atom is 0.251 e. The average molecular weight is 480 g/mol. The zero-order chi connectivity index (χ0) is 24.3. The highest BCUT2D eigenvalue weighted by atomic mass is 32.2. The largest absolute Gasteiger partial charge is 0.457 e. The number of carbonyl (C=O) groups is 2. The van der Waals surface area contributed by atoms with Crippen LogP contribution >= 0.6 is 0 Å². The van der Waals surface area contributed by atoms with E-state index >= 15 is 0 Å². The van der Waals surface area contributed by atoms with Crippen LogP contribution in [0, 0.1) is 0 Å². The Morgan fingerprint density at radius 3 is 2.32 bits per heavy atom. The zero-order valence-electron chi connectivity index (χ0n) is 18.8. The van der Waals surface area contributed by atoms with Crippen LogP contribution in [0.5, 0.6) is 11.5 Å². The highest BCUT2D eigenvalue weighted by Crippen LogP contribution is 2.27. The Balaban J connectivity index is 1.41. The molecule has 0 spiro atoms. The lowest BCUT2D eigenvalue weighted by Crippen LogP contribution is -2.37. The van der Waals surface area contributed by atoms with Gasteiger partial charge in [0, 0.05) is 38.3 Å². The van der Waals surface area contributed by atoms with Gasteiger partial charge >= 0.3 is 0 Å². The molecule has 1 atom stereocenters. The van der Waals surface area contributed by atoms with E-state index in [-0.39, 0.29) is 22.8 Å². The summed E-state index contributed by atoms with van der Waals surface area (Å²) in [5.41, 5.74) is 0.928. The van der Waals surface area contributed by atoms with Crippen molar-refractivity contribution in [3.63, 3.8) is 0 Å². The molecule has 4 rings (SSSR count). The molecule has 9 heteroatoms. The van der Waals surface area contributed by atoms with Gasteiger partial charge in [-0.3, -0.25) is 9.59 Å². The minimum absolute atomic E-state index is 0.0343. The lowest BCUT2D eigenvalue weighted by atomic mass is 10.2. The number of ether oxygens (including phenoxy) is 1. The van der Waals surface area contributed by atoms with E-state index in [2.05, 4.69) is 5.32 Å². The first-order valence-electron chi connectivity index (χ1n) is 10.7. The van der Waals surface area contributed by atoms with Crippen molar-refractivity contribution >= 4 is 27.5 Å². The molecule has 1 heterocycles. The summed E-state index contributed by atoms with van der Waals surface area (Å²) in [5, 5.41) is 2.84. The van der Waals surface area contributed by atoms with Crippen LogP contribution in [0.4, 0.5) is 5.69 Å². The van der Waals surface area contributed by atoms with Gasteiger partial charge in [0.1, 0.15) is 11.5 Å². The van der Waals surface area contributed by atoms with Crippen molar-refractivity contribution in [1.82, 2.24) is 9.62 Å². The van der Waals surface area contributed by atoms with E-state index in [1.165, 1.54) is 32.3 Å². The van der Waals surface area contributed by atoms with Gasteiger partial charge in [0.25, 0.3) is 5.91 Å². The van der Waals surface area contributed by atoms with Crippen LogP contribution in [0.1, 0.15) is 16.8 Å². The Bertz CT molecular complexity index is 1290. The first-order chi connectivity index (χ1) is 16.2. The van der Waals surface area contributed by atoms with E-state index in [1.807, 2.05) is 30.3 Å². The summed E-state index contributed by atoms with van der Waals surface area (Å²) in [6.45, 7) is 0.319. The number of nitrogens with one attached hydrogen (secondary N) is 1. The number of hydrogen-bond donors (Lipinski definition) is 1. The molecule has 1 aliphatic rings. The second-order valence-corrected chi connectivity index (χ2v) is 10.3. The molecule has 3 aromatic rings. The smallest absolute Gasteiger partial charge is 0.251 e. The van der Waals surface area contributed by atoms with Gasteiger partial charge in [-0.25, -0.2) is 12.7 Å². The third-order valence-electron chi connectivity index (χ3n) is 5.46. The van der Waals surface area contributed by atoms with Gasteiger partial charge in [0.15, 0.2) is 0 Å². The van der Waals surface area contributed by atoms with E-state index in [0.717, 1.165) is 10.1 Å². The molecule has 1 aliphatic heterocycles. The fourth-order valence-electron chi connectivity index (χ4n) is 3.65. The molecular weight excluding hydrogens is 454 g/mol. The summed E-state index contributed by atoms with van der Waals surface area (Å²) >= 11 is 0. The number of rotatable bonds is 7. The summed E-state index contributed by atoms with van der Waals surface area (Å²) in [4.78, 5) is 27.0. The Morgan fingerprint density at radius 1 is 0.971 bits per heavy atom. The minimum atomic E-state index is -3.66. The summed E-state index contributed by atoms with van der Waals surface area (Å²) < 4.78 is 31.6. The Labute approximate surface area is 198 Å². The fraction of sp³-hybridized carbons (Fsp3) is 0.200. The molecule has 0 aliphatic carbocycles. The molecule has 0 radical (unpaired) electrons. The minimum Gasteiger partial charge on any atom is -0.457 e. The second kappa shape index (κ2) is 9.66. The van der Waals surface area contributed by atoms with Gasteiger partial charge in [-0.15, -0.1) is 0 Å². The summed E-state index contributed by atoms with van der Waals surface area (Å²) in [6, 6.07) is 22.0. The van der Waals surface area contributed by atoms with Crippen molar-refractivity contribution in [2.45, 2.75) is 17.4 Å². The number of sulfonamides is 1. The predicted octanol–water partition coefficient (Wildman–Crippen LogP) is 3.26. The molecular formula is C25H25N3O5S. The molecule has 0 bridgehead atoms. The van der Waals surface area contributed by atoms with E-state index in [9.17, 15) is 18.0 Å². The van der Waals surface area contributed by atoms with Gasteiger partial charge in [0.05, 0.1) is 10.9 Å². The third kappa shape index (κ3) is 5.11. The highest BCUT2D eigenvalue weighted by Gasteiger charge is 2.32. The van der Waals surface area contributed by atoms with Crippen LogP contribution < -0.4 is 15.0 Å². The number of amides is 2. The predicted molar refractivity (Wildman–Crippen MR) is 128 cm³/mol. The van der Waals surface area contributed by atoms with Crippen LogP contribution in [0.2, 0.25) is 0 Å². The van der Waals surface area contributed by atoms with Crippen molar-refractivity contribution in [1.29, 1.82) is 0 Å². The van der Waals surface area contributed by atoms with Crippen LogP contribution in [0.3, 0.4) is 0 Å². The molecule has 8 nitrogen and oxygen atoms in total. The quantitative estimate of drug-likeness (QED) is 0.561. The average Bonchev–Trinajstić information content (AvgIpc) is 3.20. The number of hydrogen-bond acceptors (Lipinski definition) is 5. The van der Waals surface area contributed by atoms with Gasteiger partial charge in [0.2, 0.25) is 15.9 Å². The number of anilines is 1. The van der Waals surface area contributed by atoms with E-state index < -0.39 is 22.0 Å². The van der Waals surface area contributed by atoms with Crippen molar-refractivity contribution in [3.8, 4) is 11.5 Å². The molecule has 2 amide bonds. The maximum atomic E-state index is 12.8.